The number of allylic oxidation sites excluding steroid dienone is 1. The molecule has 0 saturated carbocycles. The Morgan fingerprint density at radius 3 is 2.00 bits per heavy atom. The van der Waals surface area contributed by atoms with E-state index < -0.39 is 14.8 Å². The molecule has 0 spiro atoms. The van der Waals surface area contributed by atoms with E-state index in [9.17, 15) is 9.90 Å². The average molecular weight is 278 g/mol. The summed E-state index contributed by atoms with van der Waals surface area (Å²) in [5.74, 6) is -0.681. The number of hydrogen-bond acceptors (Lipinski definition) is 5. The van der Waals surface area contributed by atoms with Gasteiger partial charge in [0.2, 0.25) is 0 Å². The van der Waals surface area contributed by atoms with E-state index in [1.807, 2.05) is 6.92 Å². The summed E-state index contributed by atoms with van der Waals surface area (Å²) in [6.45, 7) is 4.05. The highest BCUT2D eigenvalue weighted by Crippen LogP contribution is 2.22. The molecule has 0 aliphatic carbocycles. The summed E-state index contributed by atoms with van der Waals surface area (Å²) in [5, 5.41) is 9.21. The van der Waals surface area contributed by atoms with E-state index in [-0.39, 0.29) is 11.6 Å². The molecule has 0 fully saturated rings. The minimum atomic E-state index is -2.96. The Labute approximate surface area is 109 Å². The molecule has 0 amide bonds. The van der Waals surface area contributed by atoms with Gasteiger partial charge in [0.25, 0.3) is 0 Å². The molecule has 0 aromatic rings. The summed E-state index contributed by atoms with van der Waals surface area (Å²) in [4.78, 5) is 11.2. The van der Waals surface area contributed by atoms with Crippen molar-refractivity contribution in [1.29, 1.82) is 0 Å². The van der Waals surface area contributed by atoms with Gasteiger partial charge in [0.1, 0.15) is 5.76 Å². The Balaban J connectivity index is 5.07. The van der Waals surface area contributed by atoms with Crippen molar-refractivity contribution < 1.29 is 27.9 Å². The number of carbonyl (C=O) groups is 1. The highest BCUT2D eigenvalue weighted by atomic mass is 28.4. The summed E-state index contributed by atoms with van der Waals surface area (Å²) in [7, 11) is 1.37. The van der Waals surface area contributed by atoms with Crippen molar-refractivity contribution >= 4 is 14.8 Å². The van der Waals surface area contributed by atoms with Crippen LogP contribution in [0.15, 0.2) is 11.3 Å². The molecule has 0 atom stereocenters. The first-order valence-corrected chi connectivity index (χ1v) is 7.60. The third-order valence-corrected chi connectivity index (χ3v) is 5.18. The Hall–Kier alpha value is -0.893. The van der Waals surface area contributed by atoms with Crippen molar-refractivity contribution in [3.63, 3.8) is 0 Å². The Morgan fingerprint density at radius 2 is 1.67 bits per heavy atom. The maximum atomic E-state index is 11.2. The Morgan fingerprint density at radius 1 is 1.17 bits per heavy atom. The second-order valence-corrected chi connectivity index (χ2v) is 6.60. The lowest BCUT2D eigenvalue weighted by atomic mass is 10.2. The maximum Gasteiger partial charge on any atom is 0.505 e. The van der Waals surface area contributed by atoms with Gasteiger partial charge in [-0.05, 0) is 13.3 Å². The predicted octanol–water partition coefficient (Wildman–Crippen LogP) is 1.65. The van der Waals surface area contributed by atoms with Crippen molar-refractivity contribution in [2.45, 2.75) is 26.3 Å². The highest BCUT2D eigenvalue weighted by molar-refractivity contribution is 6.61. The van der Waals surface area contributed by atoms with E-state index in [0.29, 0.717) is 12.4 Å². The van der Waals surface area contributed by atoms with Gasteiger partial charge in [0, 0.05) is 21.3 Å². The highest BCUT2D eigenvalue weighted by Gasteiger charge is 2.41. The van der Waals surface area contributed by atoms with Gasteiger partial charge in [0.05, 0.1) is 18.2 Å². The van der Waals surface area contributed by atoms with Crippen molar-refractivity contribution in [2.24, 2.45) is 0 Å². The Kier molecular flexibility index (Phi) is 7.84. The zero-order valence-corrected chi connectivity index (χ0v) is 12.6. The Bertz CT molecular complexity index is 290. The second kappa shape index (κ2) is 8.25. The fraction of sp³-hybridized carbons (Fsp3) is 0.727. The van der Waals surface area contributed by atoms with E-state index in [4.69, 9.17) is 18.0 Å². The van der Waals surface area contributed by atoms with Crippen molar-refractivity contribution in [1.82, 2.24) is 0 Å². The number of aliphatic carboxylic acids is 1. The lowest BCUT2D eigenvalue weighted by Crippen LogP contribution is -2.43. The summed E-state index contributed by atoms with van der Waals surface area (Å²) < 4.78 is 21.0. The van der Waals surface area contributed by atoms with Crippen LogP contribution in [0, 0.1) is 0 Å². The topological polar surface area (TPSA) is 74.2 Å². The number of carboxylic acids is 1. The van der Waals surface area contributed by atoms with E-state index >= 15 is 0 Å². The van der Waals surface area contributed by atoms with Crippen LogP contribution in [0.3, 0.4) is 0 Å². The van der Waals surface area contributed by atoms with Crippen LogP contribution in [-0.2, 0) is 22.8 Å². The van der Waals surface area contributed by atoms with Crippen LogP contribution in [0.1, 0.15) is 20.3 Å². The fourth-order valence-electron chi connectivity index (χ4n) is 1.38. The quantitative estimate of drug-likeness (QED) is 0.393. The molecule has 18 heavy (non-hydrogen) atoms. The molecule has 106 valence electrons. The van der Waals surface area contributed by atoms with Crippen molar-refractivity contribution in [2.75, 3.05) is 27.9 Å². The summed E-state index contributed by atoms with van der Waals surface area (Å²) in [5.41, 5.74) is 0.126. The van der Waals surface area contributed by atoms with E-state index in [0.717, 1.165) is 6.42 Å². The zero-order valence-electron chi connectivity index (χ0n) is 11.6. The van der Waals surface area contributed by atoms with Crippen LogP contribution in [0.2, 0.25) is 6.04 Å². The number of hydrogen-bond donors (Lipinski definition) is 1. The third kappa shape index (κ3) is 4.77. The molecular formula is C11H22O6Si. The molecular weight excluding hydrogens is 256 g/mol. The van der Waals surface area contributed by atoms with Gasteiger partial charge in [-0.1, -0.05) is 6.92 Å². The van der Waals surface area contributed by atoms with Gasteiger partial charge in [-0.25, -0.2) is 4.79 Å². The molecule has 6 nitrogen and oxygen atoms in total. The molecule has 0 rings (SSSR count). The van der Waals surface area contributed by atoms with Crippen LogP contribution < -0.4 is 0 Å². The minimum Gasteiger partial charge on any atom is -0.498 e. The summed E-state index contributed by atoms with van der Waals surface area (Å²) in [6.07, 6.45) is 0.811. The van der Waals surface area contributed by atoms with E-state index in [1.54, 1.807) is 6.92 Å². The van der Waals surface area contributed by atoms with Gasteiger partial charge in [-0.15, -0.1) is 0 Å². The predicted molar refractivity (Wildman–Crippen MR) is 68.2 cm³/mol. The van der Waals surface area contributed by atoms with Crippen molar-refractivity contribution in [3.8, 4) is 0 Å². The standard InChI is InChI=1S/C11H22O6Si/c1-6-7-17-9(2)10(11(12)13)8-18(14-3,15-4)16-5/h6-8H2,1-5H3,(H,12,13). The van der Waals surface area contributed by atoms with Crippen molar-refractivity contribution in [3.05, 3.63) is 11.3 Å². The third-order valence-electron chi connectivity index (χ3n) is 2.53. The molecule has 0 radical (unpaired) electrons. The zero-order chi connectivity index (χ0) is 14.2. The monoisotopic (exact) mass is 278 g/mol. The van der Waals surface area contributed by atoms with E-state index in [2.05, 4.69) is 0 Å². The smallest absolute Gasteiger partial charge is 0.498 e. The number of ether oxygens (including phenoxy) is 1. The first-order valence-electron chi connectivity index (χ1n) is 5.67. The molecule has 0 aromatic carbocycles. The number of carboxylic acid groups (broad SMARTS) is 1. The lowest BCUT2D eigenvalue weighted by Gasteiger charge is -2.25. The summed E-state index contributed by atoms with van der Waals surface area (Å²) in [6, 6.07) is 0.0708. The lowest BCUT2D eigenvalue weighted by molar-refractivity contribution is -0.133. The van der Waals surface area contributed by atoms with E-state index in [1.165, 1.54) is 21.3 Å². The van der Waals surface area contributed by atoms with Gasteiger partial charge >= 0.3 is 14.8 Å². The van der Waals surface area contributed by atoms with Crippen LogP contribution in [0.25, 0.3) is 0 Å². The molecule has 0 bridgehead atoms. The second-order valence-electron chi connectivity index (χ2n) is 3.66. The molecule has 0 saturated heterocycles. The fourth-order valence-corrected chi connectivity index (χ4v) is 3.14. The molecule has 0 aromatic heterocycles. The van der Waals surface area contributed by atoms with Crippen LogP contribution in [0.4, 0.5) is 0 Å². The molecule has 0 heterocycles. The maximum absolute atomic E-state index is 11.2. The van der Waals surface area contributed by atoms with Gasteiger partial charge in [0.15, 0.2) is 0 Å². The van der Waals surface area contributed by atoms with Gasteiger partial charge in [-0.3, -0.25) is 0 Å². The normalized spacial score (nSPS) is 13.2. The average Bonchev–Trinajstić information content (AvgIpc) is 2.38. The largest absolute Gasteiger partial charge is 0.505 e. The SMILES string of the molecule is CCCOC(C)=C(C[Si](OC)(OC)OC)C(=O)O. The molecule has 0 unspecified atom stereocenters. The van der Waals surface area contributed by atoms with Crippen LogP contribution >= 0.6 is 0 Å². The first kappa shape index (κ1) is 17.1. The first-order chi connectivity index (χ1) is 8.46. The van der Waals surface area contributed by atoms with Crippen LogP contribution in [0.5, 0.6) is 0 Å². The summed E-state index contributed by atoms with van der Waals surface area (Å²) >= 11 is 0. The molecule has 7 heteroatoms. The van der Waals surface area contributed by atoms with Gasteiger partial charge < -0.3 is 23.1 Å². The minimum absolute atomic E-state index is 0.0708. The molecule has 1 N–H and O–H groups in total. The number of rotatable bonds is 9. The van der Waals surface area contributed by atoms with Gasteiger partial charge in [-0.2, -0.15) is 0 Å². The van der Waals surface area contributed by atoms with Crippen LogP contribution in [-0.4, -0.2) is 47.8 Å². The molecule has 0 aliphatic rings. The molecule has 0 aliphatic heterocycles.